The Hall–Kier alpha value is -1.56. The molecule has 19 heavy (non-hydrogen) atoms. The number of hydrogen-bond acceptors (Lipinski definition) is 2. The van der Waals surface area contributed by atoms with E-state index in [-0.39, 0.29) is 0 Å². The van der Waals surface area contributed by atoms with E-state index >= 15 is 0 Å². The Morgan fingerprint density at radius 1 is 1.00 bits per heavy atom. The summed E-state index contributed by atoms with van der Waals surface area (Å²) in [5.74, 6) is 1.68. The molecule has 0 radical (unpaired) electrons. The minimum atomic E-state index is 0.807. The molecule has 0 amide bonds. The monoisotopic (exact) mass is 366 g/mol. The zero-order chi connectivity index (χ0) is 13.2. The molecule has 3 heteroatoms. The Morgan fingerprint density at radius 2 is 1.79 bits per heavy atom. The second-order valence-electron chi connectivity index (χ2n) is 4.20. The molecule has 3 aromatic rings. The predicted octanol–water partition coefficient (Wildman–Crippen LogP) is 3.81. The second-order valence-corrected chi connectivity index (χ2v) is 5.46. The van der Waals surface area contributed by atoms with Gasteiger partial charge in [0.25, 0.3) is 0 Å². The Labute approximate surface area is 124 Å². The zero-order valence-electron chi connectivity index (χ0n) is 10.4. The van der Waals surface area contributed by atoms with Crippen molar-refractivity contribution in [1.29, 1.82) is 0 Å². The molecule has 0 aliphatic rings. The van der Waals surface area contributed by atoms with Crippen LogP contribution in [0.2, 0.25) is 0 Å². The summed E-state index contributed by atoms with van der Waals surface area (Å²) in [5.41, 5.74) is 1.93. The summed E-state index contributed by atoms with van der Waals surface area (Å²) in [4.78, 5) is 0. The van der Waals surface area contributed by atoms with Gasteiger partial charge in [0.1, 0.15) is 0 Å². The van der Waals surface area contributed by atoms with Crippen molar-refractivity contribution >= 4 is 32.8 Å². The Balaban J connectivity index is 2.26. The number of ether oxygens (including phenoxy) is 1. The fourth-order valence-electron chi connectivity index (χ4n) is 2.01. The van der Waals surface area contributed by atoms with Gasteiger partial charge in [-0.2, -0.15) is 0 Å². The molecule has 0 aliphatic heterocycles. The summed E-state index contributed by atoms with van der Waals surface area (Å²) < 4.78 is 12.4. The number of rotatable bonds is 2. The van der Waals surface area contributed by atoms with Crippen molar-refractivity contribution in [2.24, 2.45) is 0 Å². The topological polar surface area (TPSA) is 22.4 Å². The first kappa shape index (κ1) is 12.5. The van der Waals surface area contributed by atoms with Gasteiger partial charge < -0.3 is 0 Å². The number of hydrogen-bond donors (Lipinski definition) is 0. The SMILES string of the molecule is COc1ccc2c(=[Te])cc(-c3ccccc3)oc2c1. The second kappa shape index (κ2) is 5.20. The van der Waals surface area contributed by atoms with Crippen LogP contribution >= 0.6 is 0 Å². The average molecular weight is 364 g/mol. The first-order chi connectivity index (χ1) is 9.28. The molecule has 0 N–H and O–H groups in total. The van der Waals surface area contributed by atoms with Crippen LogP contribution < -0.4 is 4.74 Å². The van der Waals surface area contributed by atoms with Crippen molar-refractivity contribution < 1.29 is 9.15 Å². The average Bonchev–Trinajstić information content (AvgIpc) is 2.47. The van der Waals surface area contributed by atoms with Crippen LogP contribution in [0.25, 0.3) is 22.3 Å². The van der Waals surface area contributed by atoms with Crippen LogP contribution in [0.5, 0.6) is 5.75 Å². The Bertz CT molecular complexity index is 776. The molecule has 1 aromatic heterocycles. The number of benzene rings is 2. The molecule has 0 unspecified atom stereocenters. The molecule has 2 aromatic carbocycles. The first-order valence-corrected chi connectivity index (χ1v) is 7.12. The molecule has 0 bridgehead atoms. The van der Waals surface area contributed by atoms with Crippen molar-refractivity contribution in [3.63, 3.8) is 0 Å². The third kappa shape index (κ3) is 2.45. The third-order valence-electron chi connectivity index (χ3n) is 2.99. The van der Waals surface area contributed by atoms with Gasteiger partial charge in [-0.3, -0.25) is 0 Å². The third-order valence-corrected chi connectivity index (χ3v) is 3.96. The molecule has 0 saturated carbocycles. The molecule has 94 valence electrons. The zero-order valence-corrected chi connectivity index (χ0v) is 12.8. The fraction of sp³-hybridized carbons (Fsp3) is 0.0625. The molecule has 2 nitrogen and oxygen atoms in total. The van der Waals surface area contributed by atoms with Crippen LogP contribution in [-0.4, -0.2) is 28.9 Å². The van der Waals surface area contributed by atoms with Crippen molar-refractivity contribution in [1.82, 2.24) is 0 Å². The summed E-state index contributed by atoms with van der Waals surface area (Å²) in [6, 6.07) is 18.1. The molecule has 1 heterocycles. The van der Waals surface area contributed by atoms with Crippen LogP contribution in [0.4, 0.5) is 0 Å². The van der Waals surface area contributed by atoms with E-state index in [9.17, 15) is 0 Å². The van der Waals surface area contributed by atoms with Crippen LogP contribution in [0.1, 0.15) is 0 Å². The summed E-state index contributed by atoms with van der Waals surface area (Å²) in [6.07, 6.45) is 0. The molecule has 0 atom stereocenters. The maximum atomic E-state index is 5.99. The van der Waals surface area contributed by atoms with Gasteiger partial charge in [-0.15, -0.1) is 0 Å². The molecule has 0 fully saturated rings. The summed E-state index contributed by atoms with van der Waals surface area (Å²) >= 11 is 2.01. The van der Waals surface area contributed by atoms with Crippen molar-refractivity contribution in [2.45, 2.75) is 0 Å². The van der Waals surface area contributed by atoms with Crippen molar-refractivity contribution in [2.75, 3.05) is 7.11 Å². The van der Waals surface area contributed by atoms with Gasteiger partial charge in [0.15, 0.2) is 0 Å². The van der Waals surface area contributed by atoms with Gasteiger partial charge >= 0.3 is 124 Å². The molecule has 0 aliphatic carbocycles. The molecule has 0 spiro atoms. The van der Waals surface area contributed by atoms with Crippen LogP contribution in [0.3, 0.4) is 0 Å². The van der Waals surface area contributed by atoms with Gasteiger partial charge in [0.05, 0.1) is 0 Å². The van der Waals surface area contributed by atoms with Gasteiger partial charge in [0.2, 0.25) is 0 Å². The molecule has 0 saturated heterocycles. The van der Waals surface area contributed by atoms with Crippen LogP contribution in [0, 0.1) is 3.20 Å². The van der Waals surface area contributed by atoms with E-state index < -0.39 is 0 Å². The van der Waals surface area contributed by atoms with E-state index in [1.165, 1.54) is 3.20 Å². The van der Waals surface area contributed by atoms with Gasteiger partial charge in [-0.05, 0) is 0 Å². The standard InChI is InChI=1S/C16H12O2Te/c1-17-12-7-8-13-15(9-12)18-14(10-16(13)19)11-5-3-2-4-6-11/h2-10H,1H3. The van der Waals surface area contributed by atoms with Gasteiger partial charge in [-0.1, -0.05) is 0 Å². The van der Waals surface area contributed by atoms with E-state index in [0.29, 0.717) is 0 Å². The van der Waals surface area contributed by atoms with Crippen LogP contribution in [0.15, 0.2) is 59.0 Å². The van der Waals surface area contributed by atoms with Crippen LogP contribution in [-0.2, 0) is 0 Å². The minimum absolute atomic E-state index is 0.807. The van der Waals surface area contributed by atoms with Gasteiger partial charge in [0, 0.05) is 0 Å². The van der Waals surface area contributed by atoms with Crippen molar-refractivity contribution in [3.05, 3.63) is 57.8 Å². The number of fused-ring (bicyclic) bond motifs is 1. The van der Waals surface area contributed by atoms with Gasteiger partial charge in [-0.25, -0.2) is 0 Å². The fourth-order valence-corrected chi connectivity index (χ4v) is 2.79. The number of methoxy groups -OCH3 is 1. The van der Waals surface area contributed by atoms with E-state index in [0.717, 1.165) is 28.0 Å². The normalized spacial score (nSPS) is 10.6. The predicted molar refractivity (Wildman–Crippen MR) is 77.2 cm³/mol. The van der Waals surface area contributed by atoms with E-state index in [1.807, 2.05) is 70.4 Å². The summed E-state index contributed by atoms with van der Waals surface area (Å²) in [5, 5.41) is 1.12. The van der Waals surface area contributed by atoms with E-state index in [1.54, 1.807) is 7.11 Å². The Morgan fingerprint density at radius 3 is 2.53 bits per heavy atom. The molecular formula is C16H12O2Te. The van der Waals surface area contributed by atoms with E-state index in [4.69, 9.17) is 9.15 Å². The van der Waals surface area contributed by atoms with E-state index in [2.05, 4.69) is 6.07 Å². The van der Waals surface area contributed by atoms with Crippen molar-refractivity contribution in [3.8, 4) is 17.1 Å². The summed E-state index contributed by atoms with van der Waals surface area (Å²) in [6.45, 7) is 0. The first-order valence-electron chi connectivity index (χ1n) is 5.95. The quantitative estimate of drug-likeness (QED) is 0.646. The molecule has 3 rings (SSSR count). The summed E-state index contributed by atoms with van der Waals surface area (Å²) in [7, 11) is 1.66. The molecular weight excluding hydrogens is 352 g/mol. The Kier molecular flexibility index (Phi) is 3.42. The maximum absolute atomic E-state index is 5.99.